The molecule has 1 aliphatic heterocycles. The van der Waals surface area contributed by atoms with E-state index in [-0.39, 0.29) is 18.6 Å². The Labute approximate surface area is 85.2 Å². The van der Waals surface area contributed by atoms with Gasteiger partial charge in [0.2, 0.25) is 5.91 Å². The van der Waals surface area contributed by atoms with Crippen LogP contribution in [0.1, 0.15) is 38.5 Å². The van der Waals surface area contributed by atoms with E-state index in [9.17, 15) is 4.79 Å². The van der Waals surface area contributed by atoms with E-state index in [1.807, 2.05) is 0 Å². The average molecular weight is 197 g/mol. The van der Waals surface area contributed by atoms with E-state index in [0.717, 1.165) is 12.3 Å². The summed E-state index contributed by atoms with van der Waals surface area (Å²) >= 11 is 0. The number of hydrogen-bond donors (Lipinski definition) is 1. The Morgan fingerprint density at radius 1 is 1.29 bits per heavy atom. The van der Waals surface area contributed by atoms with Crippen LogP contribution in [-0.4, -0.2) is 25.2 Å². The molecule has 2 aliphatic rings. The number of morpholine rings is 1. The molecule has 1 N–H and O–H groups in total. The van der Waals surface area contributed by atoms with Crippen molar-refractivity contribution in [3.63, 3.8) is 0 Å². The van der Waals surface area contributed by atoms with Crippen LogP contribution in [0.4, 0.5) is 0 Å². The van der Waals surface area contributed by atoms with Gasteiger partial charge in [0.1, 0.15) is 6.61 Å². The van der Waals surface area contributed by atoms with Crippen molar-refractivity contribution in [2.24, 2.45) is 5.92 Å². The predicted octanol–water partition coefficient (Wildman–Crippen LogP) is 1.47. The molecule has 1 aliphatic carbocycles. The Balaban J connectivity index is 1.75. The van der Waals surface area contributed by atoms with Crippen molar-refractivity contribution >= 4 is 5.91 Å². The van der Waals surface area contributed by atoms with Gasteiger partial charge in [0.25, 0.3) is 0 Å². The summed E-state index contributed by atoms with van der Waals surface area (Å²) < 4.78 is 5.22. The molecule has 2 rings (SSSR count). The first-order chi connectivity index (χ1) is 6.84. The highest BCUT2D eigenvalue weighted by Crippen LogP contribution is 2.27. The van der Waals surface area contributed by atoms with Crippen LogP contribution < -0.4 is 5.32 Å². The summed E-state index contributed by atoms with van der Waals surface area (Å²) in [5.41, 5.74) is 0. The van der Waals surface area contributed by atoms with Crippen LogP contribution >= 0.6 is 0 Å². The monoisotopic (exact) mass is 197 g/mol. The van der Waals surface area contributed by atoms with Gasteiger partial charge in [-0.2, -0.15) is 0 Å². The van der Waals surface area contributed by atoms with Gasteiger partial charge in [0.15, 0.2) is 0 Å². The Morgan fingerprint density at radius 3 is 2.79 bits per heavy atom. The van der Waals surface area contributed by atoms with Gasteiger partial charge in [-0.3, -0.25) is 4.79 Å². The summed E-state index contributed by atoms with van der Waals surface area (Å²) in [6.07, 6.45) is 7.92. The lowest BCUT2D eigenvalue weighted by atomic mass is 9.85. The van der Waals surface area contributed by atoms with Gasteiger partial charge in [0, 0.05) is 0 Å². The zero-order valence-electron chi connectivity index (χ0n) is 8.63. The third-order valence-electron chi connectivity index (χ3n) is 3.26. The molecule has 3 nitrogen and oxygen atoms in total. The minimum atomic E-state index is 0.0528. The Hall–Kier alpha value is -0.570. The van der Waals surface area contributed by atoms with Crippen LogP contribution in [-0.2, 0) is 9.53 Å². The number of carbonyl (C=O) groups is 1. The van der Waals surface area contributed by atoms with E-state index >= 15 is 0 Å². The van der Waals surface area contributed by atoms with Gasteiger partial charge in [-0.05, 0) is 12.3 Å². The number of ether oxygens (including phenoxy) is 1. The quantitative estimate of drug-likeness (QED) is 0.728. The van der Waals surface area contributed by atoms with E-state index < -0.39 is 0 Å². The van der Waals surface area contributed by atoms with Crippen LogP contribution in [0.3, 0.4) is 0 Å². The maximum absolute atomic E-state index is 11.1. The first-order valence-corrected chi connectivity index (χ1v) is 5.71. The fraction of sp³-hybridized carbons (Fsp3) is 0.909. The average Bonchev–Trinajstić information content (AvgIpc) is 2.19. The highest BCUT2D eigenvalue weighted by Gasteiger charge is 2.23. The first-order valence-electron chi connectivity index (χ1n) is 5.71. The second kappa shape index (κ2) is 4.78. The fourth-order valence-electron chi connectivity index (χ4n) is 2.56. The van der Waals surface area contributed by atoms with Gasteiger partial charge in [-0.25, -0.2) is 0 Å². The molecule has 0 radical (unpaired) electrons. The molecule has 0 aromatic heterocycles. The topological polar surface area (TPSA) is 38.3 Å². The van der Waals surface area contributed by atoms with E-state index in [0.29, 0.717) is 6.61 Å². The molecule has 0 aromatic carbocycles. The fourth-order valence-corrected chi connectivity index (χ4v) is 2.56. The summed E-state index contributed by atoms with van der Waals surface area (Å²) in [5, 5.41) is 3.00. The second-order valence-corrected chi connectivity index (χ2v) is 4.52. The summed E-state index contributed by atoms with van der Waals surface area (Å²) in [6.45, 7) is 0.962. The van der Waals surface area contributed by atoms with Crippen molar-refractivity contribution in [1.82, 2.24) is 5.32 Å². The van der Waals surface area contributed by atoms with Crippen molar-refractivity contribution in [3.05, 3.63) is 0 Å². The smallest absolute Gasteiger partial charge is 0.246 e. The largest absolute Gasteiger partial charge is 0.370 e. The van der Waals surface area contributed by atoms with E-state index in [4.69, 9.17) is 4.74 Å². The third kappa shape index (κ3) is 2.71. The van der Waals surface area contributed by atoms with Gasteiger partial charge in [-0.1, -0.05) is 32.1 Å². The van der Waals surface area contributed by atoms with Crippen LogP contribution in [0.5, 0.6) is 0 Å². The third-order valence-corrected chi connectivity index (χ3v) is 3.26. The highest BCUT2D eigenvalue weighted by atomic mass is 16.5. The molecule has 0 spiro atoms. The van der Waals surface area contributed by atoms with Gasteiger partial charge >= 0.3 is 0 Å². The second-order valence-electron chi connectivity index (χ2n) is 4.52. The van der Waals surface area contributed by atoms with Crippen molar-refractivity contribution < 1.29 is 9.53 Å². The molecule has 1 amide bonds. The standard InChI is InChI=1S/C11H19NO2/c13-11-8-14-7-10(12-11)6-9-4-2-1-3-5-9/h9-10H,1-8H2,(H,12,13). The van der Waals surface area contributed by atoms with Gasteiger partial charge in [0.05, 0.1) is 12.6 Å². The SMILES string of the molecule is O=C1COCC(CC2CCCCC2)N1. The van der Waals surface area contributed by atoms with Crippen molar-refractivity contribution in [3.8, 4) is 0 Å². The molecule has 3 heteroatoms. The molecule has 1 saturated heterocycles. The number of rotatable bonds is 2. The molecular formula is C11H19NO2. The molecule has 1 saturated carbocycles. The van der Waals surface area contributed by atoms with E-state index in [1.54, 1.807) is 0 Å². The molecule has 1 heterocycles. The lowest BCUT2D eigenvalue weighted by Gasteiger charge is -2.29. The Bertz CT molecular complexity index is 199. The first kappa shape index (κ1) is 9.97. The summed E-state index contributed by atoms with van der Waals surface area (Å²) in [6, 6.07) is 0.277. The lowest BCUT2D eigenvalue weighted by Crippen LogP contribution is -2.46. The van der Waals surface area contributed by atoms with Crippen molar-refractivity contribution in [2.75, 3.05) is 13.2 Å². The molecule has 80 valence electrons. The molecule has 14 heavy (non-hydrogen) atoms. The maximum Gasteiger partial charge on any atom is 0.246 e. The van der Waals surface area contributed by atoms with Crippen molar-refractivity contribution in [1.29, 1.82) is 0 Å². The van der Waals surface area contributed by atoms with Crippen LogP contribution in [0.2, 0.25) is 0 Å². The number of hydrogen-bond acceptors (Lipinski definition) is 2. The molecule has 0 aromatic rings. The van der Waals surface area contributed by atoms with Gasteiger partial charge in [-0.15, -0.1) is 0 Å². The van der Waals surface area contributed by atoms with E-state index in [2.05, 4.69) is 5.32 Å². The summed E-state index contributed by atoms with van der Waals surface area (Å²) in [7, 11) is 0. The van der Waals surface area contributed by atoms with Crippen LogP contribution in [0.15, 0.2) is 0 Å². The molecular weight excluding hydrogens is 178 g/mol. The Kier molecular flexibility index (Phi) is 3.40. The number of amides is 1. The molecule has 2 fully saturated rings. The van der Waals surface area contributed by atoms with Crippen LogP contribution in [0, 0.1) is 5.92 Å². The molecule has 1 atom stereocenters. The minimum absolute atomic E-state index is 0.0528. The van der Waals surface area contributed by atoms with Crippen molar-refractivity contribution in [2.45, 2.75) is 44.6 Å². The number of nitrogens with one attached hydrogen (secondary N) is 1. The highest BCUT2D eigenvalue weighted by molar-refractivity contribution is 5.78. The zero-order chi connectivity index (χ0) is 9.80. The molecule has 1 unspecified atom stereocenters. The van der Waals surface area contributed by atoms with Crippen LogP contribution in [0.25, 0.3) is 0 Å². The molecule has 0 bridgehead atoms. The Morgan fingerprint density at radius 2 is 2.07 bits per heavy atom. The predicted molar refractivity (Wildman–Crippen MR) is 53.9 cm³/mol. The zero-order valence-corrected chi connectivity index (χ0v) is 8.63. The van der Waals surface area contributed by atoms with E-state index in [1.165, 1.54) is 32.1 Å². The number of carbonyl (C=O) groups excluding carboxylic acids is 1. The normalized spacial score (nSPS) is 30.0. The lowest BCUT2D eigenvalue weighted by molar-refractivity contribution is -0.131. The minimum Gasteiger partial charge on any atom is -0.370 e. The maximum atomic E-state index is 11.1. The summed E-state index contributed by atoms with van der Waals surface area (Å²) in [4.78, 5) is 11.1. The van der Waals surface area contributed by atoms with Gasteiger partial charge < -0.3 is 10.1 Å². The summed E-state index contributed by atoms with van der Waals surface area (Å²) in [5.74, 6) is 0.868.